The zero-order valence-electron chi connectivity index (χ0n) is 22.1. The first kappa shape index (κ1) is 28.4. The molecule has 1 amide bonds. The lowest BCUT2D eigenvalue weighted by molar-refractivity contribution is 0.0954. The Labute approximate surface area is 255 Å². The minimum atomic E-state index is -0.373. The number of hydrogen-bond donors (Lipinski definition) is 1. The van der Waals surface area contributed by atoms with Crippen LogP contribution >= 0.6 is 31.9 Å². The van der Waals surface area contributed by atoms with Crippen molar-refractivity contribution in [3.8, 4) is 17.2 Å². The van der Waals surface area contributed by atoms with Gasteiger partial charge >= 0.3 is 0 Å². The van der Waals surface area contributed by atoms with Gasteiger partial charge in [0.15, 0.2) is 11.5 Å². The molecule has 1 N–H and O–H groups in total. The Balaban J connectivity index is 1.21. The Morgan fingerprint density at radius 3 is 2.32 bits per heavy atom. The van der Waals surface area contributed by atoms with Crippen molar-refractivity contribution in [1.82, 2.24) is 5.43 Å². The van der Waals surface area contributed by atoms with Crippen LogP contribution < -0.4 is 19.6 Å². The van der Waals surface area contributed by atoms with Gasteiger partial charge in [0.25, 0.3) is 5.91 Å². The third-order valence-corrected chi connectivity index (χ3v) is 7.49. The van der Waals surface area contributed by atoms with Crippen LogP contribution in [0, 0.1) is 0 Å². The van der Waals surface area contributed by atoms with Crippen LogP contribution in [-0.4, -0.2) is 19.2 Å². The SMILES string of the molecule is COc1cc(C(=O)N/N=C/c2cc(Br)c(OCc3cccc4ccccc34)c(Br)c2)ccc1OCc1ccccc1. The van der Waals surface area contributed by atoms with Gasteiger partial charge in [0.1, 0.15) is 19.0 Å². The molecule has 0 aliphatic rings. The molecular formula is C33H26Br2N2O4. The van der Waals surface area contributed by atoms with Gasteiger partial charge in [-0.25, -0.2) is 5.43 Å². The van der Waals surface area contributed by atoms with Crippen molar-refractivity contribution < 1.29 is 19.0 Å². The largest absolute Gasteiger partial charge is 0.493 e. The van der Waals surface area contributed by atoms with Gasteiger partial charge in [-0.3, -0.25) is 4.79 Å². The van der Waals surface area contributed by atoms with E-state index in [1.165, 1.54) is 12.5 Å². The normalized spacial score (nSPS) is 11.0. The highest BCUT2D eigenvalue weighted by Crippen LogP contribution is 2.35. The summed E-state index contributed by atoms with van der Waals surface area (Å²) in [6, 6.07) is 33.0. The summed E-state index contributed by atoms with van der Waals surface area (Å²) >= 11 is 7.20. The van der Waals surface area contributed by atoms with Gasteiger partial charge in [-0.2, -0.15) is 5.10 Å². The van der Waals surface area contributed by atoms with Gasteiger partial charge in [-0.15, -0.1) is 0 Å². The molecule has 5 aromatic rings. The monoisotopic (exact) mass is 672 g/mol. The lowest BCUT2D eigenvalue weighted by Crippen LogP contribution is -2.17. The molecular weight excluding hydrogens is 648 g/mol. The molecule has 0 spiro atoms. The number of halogens is 2. The van der Waals surface area contributed by atoms with Crippen molar-refractivity contribution in [2.45, 2.75) is 13.2 Å². The number of rotatable bonds is 10. The lowest BCUT2D eigenvalue weighted by Gasteiger charge is -2.13. The maximum Gasteiger partial charge on any atom is 0.271 e. The molecule has 8 heteroatoms. The molecule has 206 valence electrons. The Kier molecular flexibility index (Phi) is 9.33. The number of methoxy groups -OCH3 is 1. The van der Waals surface area contributed by atoms with Crippen molar-refractivity contribution >= 4 is 54.8 Å². The van der Waals surface area contributed by atoms with E-state index in [4.69, 9.17) is 14.2 Å². The second-order valence-electron chi connectivity index (χ2n) is 9.08. The minimum absolute atomic E-state index is 0.373. The summed E-state index contributed by atoms with van der Waals surface area (Å²) in [7, 11) is 1.54. The molecule has 0 unspecified atom stereocenters. The number of hydrogen-bond acceptors (Lipinski definition) is 5. The number of carbonyl (C=O) groups is 1. The Bertz CT molecular complexity index is 1680. The molecule has 41 heavy (non-hydrogen) atoms. The van der Waals surface area contributed by atoms with Crippen molar-refractivity contribution in [2.75, 3.05) is 7.11 Å². The van der Waals surface area contributed by atoms with Crippen LogP contribution in [-0.2, 0) is 13.2 Å². The number of fused-ring (bicyclic) bond motifs is 1. The van der Waals surface area contributed by atoms with E-state index in [0.717, 1.165) is 31.0 Å². The number of nitrogens with zero attached hydrogens (tertiary/aromatic N) is 1. The molecule has 0 radical (unpaired) electrons. The molecule has 0 aromatic heterocycles. The predicted molar refractivity (Wildman–Crippen MR) is 169 cm³/mol. The predicted octanol–water partition coefficient (Wildman–Crippen LogP) is 8.30. The van der Waals surface area contributed by atoms with E-state index in [1.807, 2.05) is 60.7 Å². The van der Waals surface area contributed by atoms with Gasteiger partial charge in [0, 0.05) is 5.56 Å². The summed E-state index contributed by atoms with van der Waals surface area (Å²) in [5.41, 5.74) is 5.86. The maximum absolute atomic E-state index is 12.7. The Morgan fingerprint density at radius 1 is 0.805 bits per heavy atom. The van der Waals surface area contributed by atoms with E-state index in [-0.39, 0.29) is 5.91 Å². The third-order valence-electron chi connectivity index (χ3n) is 6.32. The van der Waals surface area contributed by atoms with E-state index in [9.17, 15) is 4.79 Å². The fraction of sp³-hybridized carbons (Fsp3) is 0.0909. The van der Waals surface area contributed by atoms with Crippen LogP contribution in [0.1, 0.15) is 27.0 Å². The molecule has 0 heterocycles. The number of nitrogens with one attached hydrogen (secondary N) is 1. The number of amides is 1. The van der Waals surface area contributed by atoms with E-state index >= 15 is 0 Å². The van der Waals surface area contributed by atoms with Crippen LogP contribution in [0.4, 0.5) is 0 Å². The number of carbonyl (C=O) groups excluding carboxylic acids is 1. The summed E-state index contributed by atoms with van der Waals surface area (Å²) in [5, 5.41) is 6.47. The van der Waals surface area contributed by atoms with E-state index in [0.29, 0.717) is 36.0 Å². The van der Waals surface area contributed by atoms with Crippen LogP contribution in [0.2, 0.25) is 0 Å². The molecule has 0 bridgehead atoms. The van der Waals surface area contributed by atoms with Crippen molar-refractivity contribution in [3.63, 3.8) is 0 Å². The first-order valence-corrected chi connectivity index (χ1v) is 14.4. The number of hydrazone groups is 1. The van der Waals surface area contributed by atoms with Crippen LogP contribution in [0.25, 0.3) is 10.8 Å². The summed E-state index contributed by atoms with van der Waals surface area (Å²) < 4.78 is 19.0. The molecule has 0 saturated heterocycles. The van der Waals surface area contributed by atoms with Gasteiger partial charge in [0.05, 0.1) is 22.3 Å². The van der Waals surface area contributed by atoms with Gasteiger partial charge in [0.2, 0.25) is 0 Å². The van der Waals surface area contributed by atoms with Gasteiger partial charge in [-0.05, 0) is 89.7 Å². The summed E-state index contributed by atoms with van der Waals surface area (Å²) in [6.45, 7) is 0.812. The first-order chi connectivity index (χ1) is 20.0. The van der Waals surface area contributed by atoms with Gasteiger partial charge in [-0.1, -0.05) is 72.8 Å². The minimum Gasteiger partial charge on any atom is -0.493 e. The standard InChI is InChI=1S/C33H26Br2N2O4/c1-39-31-18-25(14-15-30(31)40-20-22-8-3-2-4-9-22)33(38)37-36-19-23-16-28(34)32(29(35)17-23)41-21-26-12-7-11-24-10-5-6-13-27(24)26/h2-19H,20-21H2,1H3,(H,37,38)/b36-19+. The first-order valence-electron chi connectivity index (χ1n) is 12.8. The number of ether oxygens (including phenoxy) is 3. The van der Waals surface area contributed by atoms with Crippen LogP contribution in [0.5, 0.6) is 17.2 Å². The molecule has 5 aromatic carbocycles. The van der Waals surface area contributed by atoms with E-state index in [1.54, 1.807) is 24.4 Å². The van der Waals surface area contributed by atoms with Crippen molar-refractivity contribution in [1.29, 1.82) is 0 Å². The highest BCUT2D eigenvalue weighted by molar-refractivity contribution is 9.11. The average Bonchev–Trinajstić information content (AvgIpc) is 3.00. The molecule has 6 nitrogen and oxygen atoms in total. The molecule has 0 saturated carbocycles. The van der Waals surface area contributed by atoms with E-state index < -0.39 is 0 Å². The summed E-state index contributed by atoms with van der Waals surface area (Å²) in [4.78, 5) is 12.7. The molecule has 0 aliphatic heterocycles. The third kappa shape index (κ3) is 7.14. The Morgan fingerprint density at radius 2 is 1.54 bits per heavy atom. The lowest BCUT2D eigenvalue weighted by atomic mass is 10.1. The highest BCUT2D eigenvalue weighted by Gasteiger charge is 2.12. The average molecular weight is 674 g/mol. The topological polar surface area (TPSA) is 69.2 Å². The second kappa shape index (κ2) is 13.5. The van der Waals surface area contributed by atoms with Crippen molar-refractivity contribution in [2.24, 2.45) is 5.10 Å². The quantitative estimate of drug-likeness (QED) is 0.120. The second-order valence-corrected chi connectivity index (χ2v) is 10.8. The van der Waals surface area contributed by atoms with Crippen LogP contribution in [0.15, 0.2) is 117 Å². The molecule has 5 rings (SSSR count). The van der Waals surface area contributed by atoms with E-state index in [2.05, 4.69) is 66.7 Å². The smallest absolute Gasteiger partial charge is 0.271 e. The molecule has 0 atom stereocenters. The maximum atomic E-state index is 12.7. The van der Waals surface area contributed by atoms with Gasteiger partial charge < -0.3 is 14.2 Å². The molecule has 0 aliphatic carbocycles. The number of benzene rings is 5. The Hall–Kier alpha value is -4.14. The van der Waals surface area contributed by atoms with Crippen LogP contribution in [0.3, 0.4) is 0 Å². The van der Waals surface area contributed by atoms with Crippen molar-refractivity contribution in [3.05, 3.63) is 134 Å². The zero-order chi connectivity index (χ0) is 28.6. The zero-order valence-corrected chi connectivity index (χ0v) is 25.3. The fourth-order valence-corrected chi connectivity index (χ4v) is 5.70. The fourth-order valence-electron chi connectivity index (χ4n) is 4.25. The molecule has 0 fully saturated rings. The highest BCUT2D eigenvalue weighted by atomic mass is 79.9. The summed E-state index contributed by atoms with van der Waals surface area (Å²) in [6.07, 6.45) is 1.57. The summed E-state index contributed by atoms with van der Waals surface area (Å²) in [5.74, 6) is 1.32.